The van der Waals surface area contributed by atoms with Crippen molar-refractivity contribution in [2.45, 2.75) is 18.9 Å². The van der Waals surface area contributed by atoms with Crippen LogP contribution in [-0.4, -0.2) is 42.8 Å². The first-order chi connectivity index (χ1) is 11.7. The summed E-state index contributed by atoms with van der Waals surface area (Å²) in [7, 11) is 1.95. The molecule has 2 aromatic carbocycles. The summed E-state index contributed by atoms with van der Waals surface area (Å²) < 4.78 is 0. The number of amides is 1. The smallest absolute Gasteiger partial charge is 0.254 e. The van der Waals surface area contributed by atoms with Gasteiger partial charge in [-0.05, 0) is 26.0 Å². The minimum atomic E-state index is -0.107. The molecule has 0 saturated carbocycles. The summed E-state index contributed by atoms with van der Waals surface area (Å²) in [6.45, 7) is 1.44. The van der Waals surface area contributed by atoms with Gasteiger partial charge < -0.3 is 10.2 Å². The quantitative estimate of drug-likeness (QED) is 0.854. The first-order valence-corrected chi connectivity index (χ1v) is 8.36. The van der Waals surface area contributed by atoms with Crippen molar-refractivity contribution in [2.75, 3.05) is 20.1 Å². The zero-order valence-electron chi connectivity index (χ0n) is 14.3. The Morgan fingerprint density at radius 1 is 0.920 bits per heavy atom. The van der Waals surface area contributed by atoms with Crippen molar-refractivity contribution in [3.8, 4) is 0 Å². The van der Waals surface area contributed by atoms with Crippen LogP contribution in [0.15, 0.2) is 54.6 Å². The maximum absolute atomic E-state index is 12.9. The summed E-state index contributed by atoms with van der Waals surface area (Å²) in [6, 6.07) is 16.7. The molecule has 0 aromatic heterocycles. The topological polar surface area (TPSA) is 49.4 Å². The molecule has 1 aliphatic heterocycles. The fraction of sp³-hybridized carbons (Fsp3) is 0.300. The van der Waals surface area contributed by atoms with E-state index in [0.717, 1.165) is 25.9 Å². The molecule has 1 amide bonds. The number of benzene rings is 2. The number of hydrogen-bond acceptors (Lipinski definition) is 3. The third kappa shape index (κ3) is 4.27. The van der Waals surface area contributed by atoms with Gasteiger partial charge in [-0.25, -0.2) is 0 Å². The molecule has 0 aliphatic carbocycles. The van der Waals surface area contributed by atoms with E-state index in [4.69, 9.17) is 0 Å². The second kappa shape index (κ2) is 8.79. The van der Waals surface area contributed by atoms with Crippen LogP contribution < -0.4 is 5.32 Å². The van der Waals surface area contributed by atoms with Crippen molar-refractivity contribution in [3.05, 3.63) is 71.3 Å². The third-order valence-corrected chi connectivity index (χ3v) is 4.63. The van der Waals surface area contributed by atoms with Gasteiger partial charge in [0, 0.05) is 30.3 Å². The summed E-state index contributed by atoms with van der Waals surface area (Å²) >= 11 is 0. The molecule has 132 valence electrons. The zero-order valence-corrected chi connectivity index (χ0v) is 15.1. The van der Waals surface area contributed by atoms with E-state index in [-0.39, 0.29) is 24.1 Å². The van der Waals surface area contributed by atoms with Crippen LogP contribution in [0.25, 0.3) is 0 Å². The number of halogens is 1. The van der Waals surface area contributed by atoms with Crippen molar-refractivity contribution < 1.29 is 9.59 Å². The number of hydrogen-bond donors (Lipinski definition) is 1. The lowest BCUT2D eigenvalue weighted by Crippen LogP contribution is -2.44. The molecule has 0 bridgehead atoms. The summed E-state index contributed by atoms with van der Waals surface area (Å²) in [5, 5.41) is 3.26. The predicted molar refractivity (Wildman–Crippen MR) is 102 cm³/mol. The van der Waals surface area contributed by atoms with Crippen molar-refractivity contribution >= 4 is 24.1 Å². The van der Waals surface area contributed by atoms with Gasteiger partial charge in [-0.15, -0.1) is 12.4 Å². The van der Waals surface area contributed by atoms with Crippen LogP contribution in [0, 0.1) is 0 Å². The van der Waals surface area contributed by atoms with E-state index in [1.54, 1.807) is 30.3 Å². The molecule has 1 heterocycles. The van der Waals surface area contributed by atoms with Crippen LogP contribution in [0.3, 0.4) is 0 Å². The van der Waals surface area contributed by atoms with Gasteiger partial charge in [0.05, 0.1) is 5.56 Å². The highest BCUT2D eigenvalue weighted by Gasteiger charge is 2.25. The van der Waals surface area contributed by atoms with E-state index in [0.29, 0.717) is 22.7 Å². The highest BCUT2D eigenvalue weighted by Crippen LogP contribution is 2.19. The van der Waals surface area contributed by atoms with Crippen molar-refractivity contribution in [3.63, 3.8) is 0 Å². The van der Waals surface area contributed by atoms with Crippen LogP contribution in [0.1, 0.15) is 39.1 Å². The van der Waals surface area contributed by atoms with E-state index >= 15 is 0 Å². The van der Waals surface area contributed by atoms with Crippen molar-refractivity contribution in [1.29, 1.82) is 0 Å². The van der Waals surface area contributed by atoms with Gasteiger partial charge in [0.25, 0.3) is 5.91 Å². The lowest BCUT2D eigenvalue weighted by Gasteiger charge is -2.32. The molecule has 1 fully saturated rings. The molecular formula is C20H23ClN2O2. The Bertz CT molecular complexity index is 725. The summed E-state index contributed by atoms with van der Waals surface area (Å²) in [5.41, 5.74) is 1.57. The Hall–Kier alpha value is -2.17. The second-order valence-electron chi connectivity index (χ2n) is 6.10. The predicted octanol–water partition coefficient (Wildman–Crippen LogP) is 3.16. The molecule has 1 aliphatic rings. The van der Waals surface area contributed by atoms with Gasteiger partial charge in [0.2, 0.25) is 0 Å². The van der Waals surface area contributed by atoms with Crippen LogP contribution in [0.2, 0.25) is 0 Å². The molecule has 4 nitrogen and oxygen atoms in total. The highest BCUT2D eigenvalue weighted by atomic mass is 35.5. The Morgan fingerprint density at radius 2 is 1.48 bits per heavy atom. The molecule has 0 radical (unpaired) electrons. The Kier molecular flexibility index (Phi) is 6.73. The van der Waals surface area contributed by atoms with E-state index < -0.39 is 0 Å². The van der Waals surface area contributed by atoms with Crippen LogP contribution in [-0.2, 0) is 0 Å². The lowest BCUT2D eigenvalue weighted by atomic mass is 9.96. The molecule has 5 heteroatoms. The van der Waals surface area contributed by atoms with Crippen molar-refractivity contribution in [1.82, 2.24) is 10.2 Å². The molecule has 2 aromatic rings. The lowest BCUT2D eigenvalue weighted by molar-refractivity contribution is 0.0703. The number of carbonyl (C=O) groups is 2. The number of nitrogens with one attached hydrogen (secondary N) is 1. The normalized spacial score (nSPS) is 14.7. The monoisotopic (exact) mass is 358 g/mol. The van der Waals surface area contributed by atoms with Gasteiger partial charge >= 0.3 is 0 Å². The highest BCUT2D eigenvalue weighted by molar-refractivity contribution is 6.15. The SMILES string of the molecule is CNC1CCN(C(=O)c2ccccc2C(=O)c2ccccc2)CC1.Cl. The number of piperidine rings is 1. The largest absolute Gasteiger partial charge is 0.339 e. The first-order valence-electron chi connectivity index (χ1n) is 8.36. The van der Waals surface area contributed by atoms with Gasteiger partial charge in [-0.2, -0.15) is 0 Å². The summed E-state index contributed by atoms with van der Waals surface area (Å²) in [5.74, 6) is -0.158. The number of nitrogens with zero attached hydrogens (tertiary/aromatic N) is 1. The van der Waals surface area contributed by atoms with E-state index in [1.165, 1.54) is 0 Å². The molecule has 0 unspecified atom stereocenters. The number of carbonyl (C=O) groups excluding carboxylic acids is 2. The van der Waals surface area contributed by atoms with Crippen molar-refractivity contribution in [2.24, 2.45) is 0 Å². The first kappa shape index (κ1) is 19.2. The second-order valence-corrected chi connectivity index (χ2v) is 6.10. The van der Waals surface area contributed by atoms with E-state index in [9.17, 15) is 9.59 Å². The summed E-state index contributed by atoms with van der Waals surface area (Å²) in [4.78, 5) is 27.5. The number of rotatable bonds is 4. The van der Waals surface area contributed by atoms with Gasteiger partial charge in [0.15, 0.2) is 5.78 Å². The van der Waals surface area contributed by atoms with Crippen LogP contribution in [0.4, 0.5) is 0 Å². The Balaban J connectivity index is 0.00000225. The number of ketones is 1. The molecule has 1 N–H and O–H groups in total. The molecule has 25 heavy (non-hydrogen) atoms. The fourth-order valence-electron chi connectivity index (χ4n) is 3.15. The standard InChI is InChI=1S/C20H22N2O2.ClH/c1-21-16-11-13-22(14-12-16)20(24)18-10-6-5-9-17(18)19(23)15-7-3-2-4-8-15;/h2-10,16,21H,11-14H2,1H3;1H. The van der Waals surface area contributed by atoms with Gasteiger partial charge in [-0.3, -0.25) is 9.59 Å². The molecular weight excluding hydrogens is 336 g/mol. The number of likely N-dealkylation sites (tertiary alicyclic amines) is 1. The maximum atomic E-state index is 12.9. The van der Waals surface area contributed by atoms with Gasteiger partial charge in [-0.1, -0.05) is 48.5 Å². The fourth-order valence-corrected chi connectivity index (χ4v) is 3.15. The molecule has 3 rings (SSSR count). The maximum Gasteiger partial charge on any atom is 0.254 e. The van der Waals surface area contributed by atoms with E-state index in [1.807, 2.05) is 36.2 Å². The van der Waals surface area contributed by atoms with E-state index in [2.05, 4.69) is 5.32 Å². The zero-order chi connectivity index (χ0) is 16.9. The Labute approximate surface area is 154 Å². The average molecular weight is 359 g/mol. The summed E-state index contributed by atoms with van der Waals surface area (Å²) in [6.07, 6.45) is 1.88. The molecule has 0 atom stereocenters. The Morgan fingerprint density at radius 3 is 2.08 bits per heavy atom. The minimum Gasteiger partial charge on any atom is -0.339 e. The van der Waals surface area contributed by atoms with Crippen LogP contribution >= 0.6 is 12.4 Å². The molecule has 0 spiro atoms. The van der Waals surface area contributed by atoms with Crippen LogP contribution in [0.5, 0.6) is 0 Å². The minimum absolute atomic E-state index is 0. The average Bonchev–Trinajstić information content (AvgIpc) is 2.67. The molecule has 1 saturated heterocycles. The third-order valence-electron chi connectivity index (χ3n) is 4.63. The van der Waals surface area contributed by atoms with Gasteiger partial charge in [0.1, 0.15) is 0 Å².